The van der Waals surface area contributed by atoms with Crippen molar-refractivity contribution in [1.29, 1.82) is 0 Å². The highest BCUT2D eigenvalue weighted by molar-refractivity contribution is 6.30. The van der Waals surface area contributed by atoms with Gasteiger partial charge >= 0.3 is 0 Å². The summed E-state index contributed by atoms with van der Waals surface area (Å²) in [6, 6.07) is 5.69. The third kappa shape index (κ3) is 1.72. The van der Waals surface area contributed by atoms with E-state index >= 15 is 0 Å². The number of hydrogen-bond donors (Lipinski definition) is 1. The highest BCUT2D eigenvalue weighted by Gasteiger charge is 2.24. The van der Waals surface area contributed by atoms with Crippen LogP contribution in [0.4, 0.5) is 0 Å². The number of fused-ring (bicyclic) bond motifs is 1. The number of hydrogen-bond acceptors (Lipinski definition) is 2. The smallest absolute Gasteiger partial charge is 0.124 e. The lowest BCUT2D eigenvalue weighted by molar-refractivity contribution is 0.155. The minimum atomic E-state index is 0.0578. The van der Waals surface area contributed by atoms with Crippen LogP contribution in [0.5, 0.6) is 5.75 Å². The van der Waals surface area contributed by atoms with Crippen LogP contribution in [-0.4, -0.2) is 6.10 Å². The highest BCUT2D eigenvalue weighted by atomic mass is 35.5. The Morgan fingerprint density at radius 2 is 2.36 bits per heavy atom. The molecule has 1 aliphatic rings. The third-order valence-electron chi connectivity index (χ3n) is 2.64. The number of ether oxygens (including phenoxy) is 1. The summed E-state index contributed by atoms with van der Waals surface area (Å²) in [6.45, 7) is 2.11. The van der Waals surface area contributed by atoms with Gasteiger partial charge in [-0.15, -0.1) is 0 Å². The van der Waals surface area contributed by atoms with Gasteiger partial charge in [0.1, 0.15) is 11.9 Å². The minimum absolute atomic E-state index is 0.0578. The molecule has 14 heavy (non-hydrogen) atoms. The second kappa shape index (κ2) is 3.79. The molecule has 0 radical (unpaired) electrons. The molecule has 2 rings (SSSR count). The van der Waals surface area contributed by atoms with Gasteiger partial charge in [-0.25, -0.2) is 0 Å². The summed E-state index contributed by atoms with van der Waals surface area (Å²) in [5.74, 6) is 0.889. The normalized spacial score (nSPS) is 25.4. The van der Waals surface area contributed by atoms with Gasteiger partial charge in [0, 0.05) is 23.0 Å². The second-order valence-corrected chi connectivity index (χ2v) is 4.11. The molecular weight excluding hydrogens is 198 g/mol. The van der Waals surface area contributed by atoms with Gasteiger partial charge in [-0.05, 0) is 24.6 Å². The molecule has 1 unspecified atom stereocenters. The van der Waals surface area contributed by atoms with Gasteiger partial charge in [-0.2, -0.15) is 0 Å². The molecule has 0 spiro atoms. The molecule has 0 saturated carbocycles. The number of halogens is 1. The standard InChI is InChI=1S/C11H14ClNO/c1-2-8-6-10(13)9-5-7(12)3-4-11(9)14-8/h3-5,8,10H,2,6,13H2,1H3/t8?,10-/m1/s1. The Balaban J connectivity index is 2.35. The molecule has 1 aliphatic heterocycles. The molecule has 0 bridgehead atoms. The van der Waals surface area contributed by atoms with Gasteiger partial charge in [0.2, 0.25) is 0 Å². The first-order valence-corrected chi connectivity index (χ1v) is 5.30. The van der Waals surface area contributed by atoms with Gasteiger partial charge in [0.15, 0.2) is 0 Å². The SMILES string of the molecule is CCC1C[C@@H](N)c2cc(Cl)ccc2O1. The number of benzene rings is 1. The number of nitrogens with two attached hydrogens (primary N) is 1. The predicted octanol–water partition coefficient (Wildman–Crippen LogP) is 2.90. The minimum Gasteiger partial charge on any atom is -0.490 e. The molecule has 2 N–H and O–H groups in total. The largest absolute Gasteiger partial charge is 0.490 e. The second-order valence-electron chi connectivity index (χ2n) is 3.67. The maximum atomic E-state index is 6.04. The molecule has 0 fully saturated rings. The maximum absolute atomic E-state index is 6.04. The predicted molar refractivity (Wildman–Crippen MR) is 57.7 cm³/mol. The molecule has 0 amide bonds. The Kier molecular flexibility index (Phi) is 2.66. The summed E-state index contributed by atoms with van der Waals surface area (Å²) in [5.41, 5.74) is 7.07. The first kappa shape index (κ1) is 9.81. The van der Waals surface area contributed by atoms with Crippen LogP contribution in [0.15, 0.2) is 18.2 Å². The van der Waals surface area contributed by atoms with E-state index in [1.165, 1.54) is 0 Å². The van der Waals surface area contributed by atoms with E-state index in [9.17, 15) is 0 Å². The van der Waals surface area contributed by atoms with E-state index in [2.05, 4.69) is 6.92 Å². The molecule has 1 heterocycles. The first-order valence-electron chi connectivity index (χ1n) is 4.92. The Hall–Kier alpha value is -0.730. The molecule has 76 valence electrons. The Morgan fingerprint density at radius 1 is 1.57 bits per heavy atom. The van der Waals surface area contributed by atoms with Gasteiger partial charge in [-0.3, -0.25) is 0 Å². The van der Waals surface area contributed by atoms with Crippen LogP contribution < -0.4 is 10.5 Å². The fraction of sp³-hybridized carbons (Fsp3) is 0.455. The van der Waals surface area contributed by atoms with Crippen molar-refractivity contribution in [2.75, 3.05) is 0 Å². The zero-order chi connectivity index (χ0) is 10.1. The van der Waals surface area contributed by atoms with Crippen molar-refractivity contribution in [3.63, 3.8) is 0 Å². The fourth-order valence-corrected chi connectivity index (χ4v) is 1.98. The first-order chi connectivity index (χ1) is 6.70. The zero-order valence-electron chi connectivity index (χ0n) is 8.16. The molecule has 0 aliphatic carbocycles. The Labute approximate surface area is 89.0 Å². The van der Waals surface area contributed by atoms with Crippen molar-refractivity contribution in [1.82, 2.24) is 0 Å². The van der Waals surface area contributed by atoms with Crippen LogP contribution in [0.25, 0.3) is 0 Å². The van der Waals surface area contributed by atoms with Crippen molar-refractivity contribution in [2.24, 2.45) is 5.73 Å². The van der Waals surface area contributed by atoms with Crippen LogP contribution in [0.3, 0.4) is 0 Å². The van der Waals surface area contributed by atoms with Crippen LogP contribution in [0.1, 0.15) is 31.4 Å². The average Bonchev–Trinajstić information content (AvgIpc) is 2.19. The van der Waals surface area contributed by atoms with Gasteiger partial charge < -0.3 is 10.5 Å². The van der Waals surface area contributed by atoms with E-state index in [4.69, 9.17) is 22.1 Å². The lowest BCUT2D eigenvalue weighted by Crippen LogP contribution is -2.28. The van der Waals surface area contributed by atoms with Gasteiger partial charge in [0.05, 0.1) is 0 Å². The van der Waals surface area contributed by atoms with Gasteiger partial charge in [0.25, 0.3) is 0 Å². The van der Waals surface area contributed by atoms with E-state index in [0.29, 0.717) is 0 Å². The fourth-order valence-electron chi connectivity index (χ4n) is 1.80. The quantitative estimate of drug-likeness (QED) is 0.775. The van der Waals surface area contributed by atoms with Crippen molar-refractivity contribution in [3.8, 4) is 5.75 Å². The van der Waals surface area contributed by atoms with E-state index in [-0.39, 0.29) is 12.1 Å². The van der Waals surface area contributed by atoms with Crippen LogP contribution >= 0.6 is 11.6 Å². The Morgan fingerprint density at radius 3 is 3.07 bits per heavy atom. The van der Waals surface area contributed by atoms with Crippen molar-refractivity contribution in [2.45, 2.75) is 31.9 Å². The number of rotatable bonds is 1. The third-order valence-corrected chi connectivity index (χ3v) is 2.87. The molecule has 1 aromatic carbocycles. The molecule has 2 atom stereocenters. The molecular formula is C11H14ClNO. The molecule has 0 aromatic heterocycles. The van der Waals surface area contributed by atoms with Crippen LogP contribution in [-0.2, 0) is 0 Å². The maximum Gasteiger partial charge on any atom is 0.124 e. The zero-order valence-corrected chi connectivity index (χ0v) is 8.92. The van der Waals surface area contributed by atoms with E-state index in [1.807, 2.05) is 18.2 Å². The Bertz CT molecular complexity index is 340. The molecule has 2 nitrogen and oxygen atoms in total. The molecule has 1 aromatic rings. The summed E-state index contributed by atoms with van der Waals surface area (Å²) < 4.78 is 5.77. The van der Waals surface area contributed by atoms with E-state index in [0.717, 1.165) is 29.2 Å². The van der Waals surface area contributed by atoms with Crippen molar-refractivity contribution in [3.05, 3.63) is 28.8 Å². The van der Waals surface area contributed by atoms with Crippen LogP contribution in [0.2, 0.25) is 5.02 Å². The summed E-state index contributed by atoms with van der Waals surface area (Å²) in [4.78, 5) is 0. The molecule has 0 saturated heterocycles. The highest BCUT2D eigenvalue weighted by Crippen LogP contribution is 2.35. The van der Waals surface area contributed by atoms with Crippen molar-refractivity contribution < 1.29 is 4.74 Å². The van der Waals surface area contributed by atoms with Crippen LogP contribution in [0, 0.1) is 0 Å². The topological polar surface area (TPSA) is 35.2 Å². The lowest BCUT2D eigenvalue weighted by Gasteiger charge is -2.29. The summed E-state index contributed by atoms with van der Waals surface area (Å²) >= 11 is 5.90. The van der Waals surface area contributed by atoms with Gasteiger partial charge in [-0.1, -0.05) is 18.5 Å². The summed E-state index contributed by atoms with van der Waals surface area (Å²) in [5, 5.41) is 0.720. The van der Waals surface area contributed by atoms with E-state index < -0.39 is 0 Å². The monoisotopic (exact) mass is 211 g/mol. The summed E-state index contributed by atoms with van der Waals surface area (Å²) in [6.07, 6.45) is 2.12. The average molecular weight is 212 g/mol. The van der Waals surface area contributed by atoms with Crippen molar-refractivity contribution >= 4 is 11.6 Å². The molecule has 3 heteroatoms. The summed E-state index contributed by atoms with van der Waals surface area (Å²) in [7, 11) is 0. The van der Waals surface area contributed by atoms with E-state index in [1.54, 1.807) is 0 Å². The lowest BCUT2D eigenvalue weighted by atomic mass is 9.96.